The third-order valence-corrected chi connectivity index (χ3v) is 16.2. The maximum atomic E-state index is 13.4. The predicted molar refractivity (Wildman–Crippen MR) is 300 cm³/mol. The highest BCUT2D eigenvalue weighted by molar-refractivity contribution is 7.89. The van der Waals surface area contributed by atoms with Crippen molar-refractivity contribution >= 4 is 27.9 Å². The Balaban J connectivity index is 5.16. The molecule has 10 nitrogen and oxygen atoms in total. The molecule has 0 aliphatic rings. The van der Waals surface area contributed by atoms with E-state index >= 15 is 0 Å². The first-order chi connectivity index (χ1) is 34.4. The zero-order chi connectivity index (χ0) is 52.5. The summed E-state index contributed by atoms with van der Waals surface area (Å²) >= 11 is 0. The summed E-state index contributed by atoms with van der Waals surface area (Å²) in [6, 6.07) is 0. The molecule has 0 aromatic carbocycles. The van der Waals surface area contributed by atoms with E-state index in [4.69, 9.17) is 14.2 Å². The van der Waals surface area contributed by atoms with Crippen molar-refractivity contribution < 1.29 is 37.0 Å². The molecule has 0 radical (unpaired) electrons. The Bertz CT molecular complexity index is 1230. The third-order valence-electron chi connectivity index (χ3n) is 14.2. The third kappa shape index (κ3) is 45.4. The number of nitrogens with zero attached hydrogens (tertiary/aromatic N) is 2. The molecule has 0 aromatic heterocycles. The molecule has 0 amide bonds. The van der Waals surface area contributed by atoms with E-state index in [0.717, 1.165) is 148 Å². The van der Waals surface area contributed by atoms with Crippen molar-refractivity contribution in [2.45, 2.75) is 329 Å². The van der Waals surface area contributed by atoms with Gasteiger partial charge in [0.2, 0.25) is 10.0 Å². The lowest BCUT2D eigenvalue weighted by Crippen LogP contribution is -2.38. The van der Waals surface area contributed by atoms with Crippen molar-refractivity contribution in [1.82, 2.24) is 9.21 Å². The van der Waals surface area contributed by atoms with Gasteiger partial charge < -0.3 is 19.1 Å². The molecule has 0 unspecified atom stereocenters. The molecule has 0 saturated carbocycles. The second-order valence-corrected chi connectivity index (χ2v) is 23.7. The lowest BCUT2D eigenvalue weighted by molar-refractivity contribution is -0.151. The Kier molecular flexibility index (Phi) is 49.2. The van der Waals surface area contributed by atoms with Crippen molar-refractivity contribution in [3.63, 3.8) is 0 Å². The van der Waals surface area contributed by atoms with E-state index in [0.29, 0.717) is 58.2 Å². The number of sulfonamides is 1. The summed E-state index contributed by atoms with van der Waals surface area (Å²) in [7, 11) is 0.567. The number of rotatable bonds is 55. The number of carbonyl (C=O) groups excluding carboxylic acids is 3. The van der Waals surface area contributed by atoms with E-state index in [2.05, 4.69) is 34.6 Å². The first-order valence-electron chi connectivity index (χ1n) is 30.6. The molecule has 0 heterocycles. The first-order valence-corrected chi connectivity index (χ1v) is 32.2. The van der Waals surface area contributed by atoms with Gasteiger partial charge in [0.25, 0.3) is 0 Å². The van der Waals surface area contributed by atoms with Gasteiger partial charge in [0, 0.05) is 38.9 Å². The topological polar surface area (TPSA) is 120 Å². The van der Waals surface area contributed by atoms with Gasteiger partial charge in [-0.1, -0.05) is 182 Å². The van der Waals surface area contributed by atoms with Crippen molar-refractivity contribution in [3.8, 4) is 0 Å². The Labute approximate surface area is 440 Å². The fraction of sp³-hybridized carbons (Fsp3) is 0.950. The molecule has 0 fully saturated rings. The second kappa shape index (κ2) is 50.4. The first kappa shape index (κ1) is 69.3. The smallest absolute Gasteiger partial charge is 0.306 e. The molecule has 0 aliphatic carbocycles. The van der Waals surface area contributed by atoms with Gasteiger partial charge in [0.15, 0.2) is 0 Å². The quantitative estimate of drug-likeness (QED) is 0.0333. The van der Waals surface area contributed by atoms with Gasteiger partial charge in [-0.2, -0.15) is 0 Å². The minimum absolute atomic E-state index is 0.0427. The van der Waals surface area contributed by atoms with Crippen molar-refractivity contribution in [2.24, 2.45) is 0 Å². The molecule has 0 N–H and O–H groups in total. The van der Waals surface area contributed by atoms with E-state index in [1.165, 1.54) is 89.9 Å². The monoisotopic (exact) mass is 1030 g/mol. The highest BCUT2D eigenvalue weighted by Crippen LogP contribution is 2.22. The molecule has 0 rings (SSSR count). The fourth-order valence-electron chi connectivity index (χ4n) is 9.51. The zero-order valence-electron chi connectivity index (χ0n) is 48.0. The molecule has 422 valence electrons. The molecule has 11 heteroatoms. The lowest BCUT2D eigenvalue weighted by atomic mass is 10.0. The minimum Gasteiger partial charge on any atom is -0.462 e. The summed E-state index contributed by atoms with van der Waals surface area (Å²) in [5.74, 6) is -0.0876. The van der Waals surface area contributed by atoms with Crippen LogP contribution in [-0.2, 0) is 38.6 Å². The van der Waals surface area contributed by atoms with Gasteiger partial charge >= 0.3 is 17.9 Å². The van der Waals surface area contributed by atoms with Crippen LogP contribution in [0.25, 0.3) is 0 Å². The van der Waals surface area contributed by atoms with Crippen LogP contribution in [0.5, 0.6) is 0 Å². The number of hydrogen-bond donors (Lipinski definition) is 0. The normalized spacial score (nSPS) is 12.1. The number of carbonyl (C=O) groups is 3. The molecule has 0 atom stereocenters. The van der Waals surface area contributed by atoms with Gasteiger partial charge in [-0.3, -0.25) is 14.4 Å². The number of likely N-dealkylation sites (N-methyl/N-ethyl adjacent to an activating group) is 1. The van der Waals surface area contributed by atoms with Crippen LogP contribution in [-0.4, -0.2) is 93.3 Å². The minimum atomic E-state index is -3.36. The van der Waals surface area contributed by atoms with Gasteiger partial charge in [0.05, 0.1) is 5.75 Å². The van der Waals surface area contributed by atoms with Crippen LogP contribution in [0.4, 0.5) is 0 Å². The van der Waals surface area contributed by atoms with Gasteiger partial charge in [-0.25, -0.2) is 12.7 Å². The molecule has 0 bridgehead atoms. The Morgan fingerprint density at radius 3 is 0.930 bits per heavy atom. The van der Waals surface area contributed by atoms with Crippen LogP contribution in [0.1, 0.15) is 311 Å². The number of esters is 3. The summed E-state index contributed by atoms with van der Waals surface area (Å²) in [5.41, 5.74) is 0. The van der Waals surface area contributed by atoms with Gasteiger partial charge in [0.1, 0.15) is 18.3 Å². The molecule has 0 saturated heterocycles. The predicted octanol–water partition coefficient (Wildman–Crippen LogP) is 16.8. The van der Waals surface area contributed by atoms with Crippen molar-refractivity contribution in [3.05, 3.63) is 0 Å². The Morgan fingerprint density at radius 1 is 0.338 bits per heavy atom. The van der Waals surface area contributed by atoms with E-state index in [-0.39, 0.29) is 42.0 Å². The van der Waals surface area contributed by atoms with Crippen LogP contribution in [0.15, 0.2) is 0 Å². The van der Waals surface area contributed by atoms with Crippen molar-refractivity contribution in [1.29, 1.82) is 0 Å². The molecule has 71 heavy (non-hydrogen) atoms. The Hall–Kier alpha value is -1.72. The van der Waals surface area contributed by atoms with Crippen LogP contribution < -0.4 is 0 Å². The van der Waals surface area contributed by atoms with Crippen LogP contribution in [0.3, 0.4) is 0 Å². The lowest BCUT2D eigenvalue weighted by Gasteiger charge is -2.24. The summed E-state index contributed by atoms with van der Waals surface area (Å²) in [5, 5.41) is 0. The summed E-state index contributed by atoms with van der Waals surface area (Å²) < 4.78 is 46.6. The zero-order valence-corrected chi connectivity index (χ0v) is 48.9. The fourth-order valence-corrected chi connectivity index (χ4v) is 11.1. The van der Waals surface area contributed by atoms with Crippen LogP contribution in [0, 0.1) is 0 Å². The standard InChI is InChI=1S/C60H118N2O8S/c1-8-13-18-23-30-41-54-71(66,67)62(53-52-61(6)7)51-40-39-50-60(65)70-57(46-35-26-24-28-37-48-58(63)68-55(42-31-19-14-9-2)43-32-20-15-10-3)47-36-27-25-29-38-49-59(64)69-56(44-33-21-16-11-4)45-34-22-17-12-5/h55-57H,8-54H2,1-7H3. The molecular formula is C60H118N2O8S. The SMILES string of the molecule is CCCCCCCCS(=O)(=O)N(CCCCC(=O)OC(CCCCCCCC(=O)OC(CCCCCC)CCCCCC)CCCCCCCC(=O)OC(CCCCCC)CCCCCC)CCN(C)C. The number of ether oxygens (including phenoxy) is 3. The molecule has 0 aromatic rings. The maximum Gasteiger partial charge on any atom is 0.306 e. The average Bonchev–Trinajstić information content (AvgIpc) is 3.34. The summed E-state index contributed by atoms with van der Waals surface area (Å²) in [6.07, 6.45) is 43.2. The van der Waals surface area contributed by atoms with Crippen molar-refractivity contribution in [2.75, 3.05) is 39.5 Å². The van der Waals surface area contributed by atoms with Crippen LogP contribution in [0.2, 0.25) is 0 Å². The Morgan fingerprint density at radius 2 is 0.606 bits per heavy atom. The highest BCUT2D eigenvalue weighted by Gasteiger charge is 2.22. The molecule has 0 spiro atoms. The average molecular weight is 1030 g/mol. The van der Waals surface area contributed by atoms with E-state index in [9.17, 15) is 22.8 Å². The second-order valence-electron chi connectivity index (χ2n) is 21.6. The van der Waals surface area contributed by atoms with E-state index in [1.54, 1.807) is 4.31 Å². The number of hydrogen-bond acceptors (Lipinski definition) is 9. The summed E-state index contributed by atoms with van der Waals surface area (Å²) in [4.78, 5) is 41.0. The maximum absolute atomic E-state index is 13.4. The highest BCUT2D eigenvalue weighted by atomic mass is 32.2. The van der Waals surface area contributed by atoms with Gasteiger partial charge in [-0.15, -0.1) is 0 Å². The molecule has 0 aliphatic heterocycles. The van der Waals surface area contributed by atoms with E-state index in [1.807, 2.05) is 19.0 Å². The van der Waals surface area contributed by atoms with E-state index < -0.39 is 10.0 Å². The summed E-state index contributed by atoms with van der Waals surface area (Å²) in [6.45, 7) is 12.6. The largest absolute Gasteiger partial charge is 0.462 e. The molecular weight excluding hydrogens is 909 g/mol. The van der Waals surface area contributed by atoms with Crippen LogP contribution >= 0.6 is 0 Å². The van der Waals surface area contributed by atoms with Gasteiger partial charge in [-0.05, 0) is 123 Å². The number of unbranched alkanes of at least 4 members (excludes halogenated alkanes) is 26.